The van der Waals surface area contributed by atoms with Gasteiger partial charge in [0.2, 0.25) is 5.91 Å². The number of rotatable bonds is 11. The van der Waals surface area contributed by atoms with Crippen LogP contribution in [0.15, 0.2) is 48.5 Å². The second-order valence-corrected chi connectivity index (χ2v) is 8.54. The van der Waals surface area contributed by atoms with Crippen molar-refractivity contribution in [1.29, 1.82) is 0 Å². The Kier molecular flexibility index (Phi) is 8.42. The summed E-state index contributed by atoms with van der Waals surface area (Å²) in [6.07, 6.45) is 3.02. The first-order chi connectivity index (χ1) is 15.5. The fraction of sp³-hybridized carbons (Fsp3) is 0.423. The van der Waals surface area contributed by atoms with Crippen molar-refractivity contribution in [2.75, 3.05) is 13.2 Å². The SMILES string of the molecule is CC(C)[C@@H](C=O)NC(=O)CCCCCNC(=O)OCC1c2ccccc2-c2ccccc21. The monoisotopic (exact) mass is 436 g/mol. The molecule has 2 aromatic carbocycles. The third kappa shape index (κ3) is 5.96. The highest BCUT2D eigenvalue weighted by Crippen LogP contribution is 2.44. The molecule has 6 heteroatoms. The molecular formula is C26H32N2O4. The summed E-state index contributed by atoms with van der Waals surface area (Å²) in [5.74, 6) is 0.0193. The van der Waals surface area contributed by atoms with Gasteiger partial charge in [-0.3, -0.25) is 4.79 Å². The first kappa shape index (κ1) is 23.5. The van der Waals surface area contributed by atoms with Gasteiger partial charge in [-0.05, 0) is 41.0 Å². The second-order valence-electron chi connectivity index (χ2n) is 8.54. The van der Waals surface area contributed by atoms with Crippen LogP contribution in [0.2, 0.25) is 0 Å². The summed E-state index contributed by atoms with van der Waals surface area (Å²) in [4.78, 5) is 35.0. The Morgan fingerprint density at radius 1 is 0.969 bits per heavy atom. The van der Waals surface area contributed by atoms with E-state index in [-0.39, 0.29) is 17.7 Å². The molecule has 0 aromatic heterocycles. The minimum absolute atomic E-state index is 0.0488. The van der Waals surface area contributed by atoms with Gasteiger partial charge in [-0.25, -0.2) is 4.79 Å². The number of benzene rings is 2. The molecule has 6 nitrogen and oxygen atoms in total. The van der Waals surface area contributed by atoms with E-state index in [0.717, 1.165) is 19.1 Å². The molecule has 1 aliphatic carbocycles. The number of unbranched alkanes of at least 4 members (excludes halogenated alkanes) is 2. The fourth-order valence-electron chi connectivity index (χ4n) is 4.04. The first-order valence-corrected chi connectivity index (χ1v) is 11.3. The summed E-state index contributed by atoms with van der Waals surface area (Å²) in [5.41, 5.74) is 4.78. The third-order valence-electron chi connectivity index (χ3n) is 5.89. The van der Waals surface area contributed by atoms with Gasteiger partial charge in [-0.15, -0.1) is 0 Å². The van der Waals surface area contributed by atoms with E-state index in [2.05, 4.69) is 34.9 Å². The number of amides is 2. The molecule has 0 saturated heterocycles. The highest BCUT2D eigenvalue weighted by Gasteiger charge is 2.28. The van der Waals surface area contributed by atoms with Gasteiger partial charge in [0.05, 0.1) is 6.04 Å². The summed E-state index contributed by atoms with van der Waals surface area (Å²) < 4.78 is 5.52. The number of hydrogen-bond acceptors (Lipinski definition) is 4. The highest BCUT2D eigenvalue weighted by molar-refractivity contribution is 5.80. The van der Waals surface area contributed by atoms with Gasteiger partial charge in [-0.1, -0.05) is 68.8 Å². The standard InChI is InChI=1S/C26H32N2O4/c1-18(2)24(16-29)28-25(30)14-4-3-9-15-27-26(31)32-17-23-21-12-7-5-10-19(21)20-11-6-8-13-22(20)23/h5-8,10-13,16,18,23-24H,3-4,9,14-15,17H2,1-2H3,(H,27,31)(H,28,30)/t24-/m1/s1. The molecule has 0 aliphatic heterocycles. The van der Waals surface area contributed by atoms with Gasteiger partial charge in [0.25, 0.3) is 0 Å². The Bertz CT molecular complexity index is 895. The average Bonchev–Trinajstić information content (AvgIpc) is 3.12. The van der Waals surface area contributed by atoms with Crippen molar-refractivity contribution in [3.8, 4) is 11.1 Å². The molecule has 170 valence electrons. The Labute approximate surface area is 189 Å². The first-order valence-electron chi connectivity index (χ1n) is 11.3. The van der Waals surface area contributed by atoms with Gasteiger partial charge in [-0.2, -0.15) is 0 Å². The number of carbonyl (C=O) groups excluding carboxylic acids is 3. The van der Waals surface area contributed by atoms with E-state index >= 15 is 0 Å². The molecule has 1 atom stereocenters. The van der Waals surface area contributed by atoms with Crippen LogP contribution in [0.4, 0.5) is 4.79 Å². The normalized spacial score (nSPS) is 13.2. The van der Waals surface area contributed by atoms with Crippen LogP contribution < -0.4 is 10.6 Å². The Balaban J connectivity index is 1.34. The van der Waals surface area contributed by atoms with Crippen LogP contribution in [-0.2, 0) is 14.3 Å². The van der Waals surface area contributed by atoms with Crippen molar-refractivity contribution in [3.05, 3.63) is 59.7 Å². The maximum atomic E-state index is 12.2. The van der Waals surface area contributed by atoms with E-state index in [0.29, 0.717) is 26.0 Å². The number of fused-ring (bicyclic) bond motifs is 3. The molecule has 1 aliphatic rings. The van der Waals surface area contributed by atoms with Crippen LogP contribution in [0.3, 0.4) is 0 Å². The molecule has 32 heavy (non-hydrogen) atoms. The zero-order valence-corrected chi connectivity index (χ0v) is 18.8. The fourth-order valence-corrected chi connectivity index (χ4v) is 4.04. The molecular weight excluding hydrogens is 404 g/mol. The molecule has 0 fully saturated rings. The van der Waals surface area contributed by atoms with Crippen LogP contribution in [0.25, 0.3) is 11.1 Å². The molecule has 2 amide bonds. The van der Waals surface area contributed by atoms with Crippen LogP contribution in [0.5, 0.6) is 0 Å². The molecule has 0 spiro atoms. The van der Waals surface area contributed by atoms with Gasteiger partial charge >= 0.3 is 6.09 Å². The van der Waals surface area contributed by atoms with Crippen LogP contribution in [0.1, 0.15) is 56.6 Å². The van der Waals surface area contributed by atoms with Crippen molar-refractivity contribution in [2.45, 2.75) is 51.5 Å². The van der Waals surface area contributed by atoms with E-state index in [4.69, 9.17) is 4.74 Å². The molecule has 0 radical (unpaired) electrons. The highest BCUT2D eigenvalue weighted by atomic mass is 16.5. The Morgan fingerprint density at radius 2 is 1.59 bits per heavy atom. The lowest BCUT2D eigenvalue weighted by molar-refractivity contribution is -0.124. The molecule has 3 rings (SSSR count). The van der Waals surface area contributed by atoms with Crippen LogP contribution in [0, 0.1) is 5.92 Å². The summed E-state index contributed by atoms with van der Waals surface area (Å²) in [7, 11) is 0. The van der Waals surface area contributed by atoms with Gasteiger partial charge in [0, 0.05) is 18.9 Å². The van der Waals surface area contributed by atoms with E-state index < -0.39 is 12.1 Å². The largest absolute Gasteiger partial charge is 0.449 e. The quantitative estimate of drug-likeness (QED) is 0.403. The number of aldehydes is 1. The number of nitrogens with one attached hydrogen (secondary N) is 2. The van der Waals surface area contributed by atoms with Crippen molar-refractivity contribution in [3.63, 3.8) is 0 Å². The predicted octanol–water partition coefficient (Wildman–Crippen LogP) is 4.43. The van der Waals surface area contributed by atoms with Crippen molar-refractivity contribution in [2.24, 2.45) is 5.92 Å². The lowest BCUT2D eigenvalue weighted by atomic mass is 9.98. The van der Waals surface area contributed by atoms with Crippen molar-refractivity contribution in [1.82, 2.24) is 10.6 Å². The van der Waals surface area contributed by atoms with Crippen LogP contribution >= 0.6 is 0 Å². The van der Waals surface area contributed by atoms with E-state index in [1.807, 2.05) is 38.1 Å². The van der Waals surface area contributed by atoms with Gasteiger partial charge in [0.1, 0.15) is 12.9 Å². The number of alkyl carbamates (subject to hydrolysis) is 1. The average molecular weight is 437 g/mol. The number of hydrogen-bond donors (Lipinski definition) is 2. The van der Waals surface area contributed by atoms with Crippen molar-refractivity contribution >= 4 is 18.3 Å². The van der Waals surface area contributed by atoms with Gasteiger partial charge < -0.3 is 20.2 Å². The van der Waals surface area contributed by atoms with Gasteiger partial charge in [0.15, 0.2) is 0 Å². The Morgan fingerprint density at radius 3 is 2.19 bits per heavy atom. The summed E-state index contributed by atoms with van der Waals surface area (Å²) >= 11 is 0. The molecule has 2 aromatic rings. The zero-order valence-electron chi connectivity index (χ0n) is 18.8. The lowest BCUT2D eigenvalue weighted by Crippen LogP contribution is -2.39. The maximum Gasteiger partial charge on any atom is 0.407 e. The summed E-state index contributed by atoms with van der Waals surface area (Å²) in [6, 6.07) is 16.1. The Hall–Kier alpha value is -3.15. The molecule has 0 saturated carbocycles. The zero-order chi connectivity index (χ0) is 22.9. The molecule has 0 heterocycles. The summed E-state index contributed by atoms with van der Waals surface area (Å²) in [5, 5.41) is 5.53. The second kappa shape index (κ2) is 11.5. The molecule has 0 unspecified atom stereocenters. The van der Waals surface area contributed by atoms with Crippen molar-refractivity contribution < 1.29 is 19.1 Å². The number of ether oxygens (including phenoxy) is 1. The molecule has 0 bridgehead atoms. The van der Waals surface area contributed by atoms with Crippen LogP contribution in [-0.4, -0.2) is 37.5 Å². The minimum Gasteiger partial charge on any atom is -0.449 e. The smallest absolute Gasteiger partial charge is 0.407 e. The summed E-state index contributed by atoms with van der Waals surface area (Å²) in [6.45, 7) is 4.59. The predicted molar refractivity (Wildman–Crippen MR) is 124 cm³/mol. The lowest BCUT2D eigenvalue weighted by Gasteiger charge is -2.16. The minimum atomic E-state index is -0.433. The van der Waals surface area contributed by atoms with E-state index in [9.17, 15) is 14.4 Å². The number of carbonyl (C=O) groups is 3. The molecule has 2 N–H and O–H groups in total. The van der Waals surface area contributed by atoms with E-state index in [1.165, 1.54) is 22.3 Å². The van der Waals surface area contributed by atoms with E-state index in [1.54, 1.807) is 0 Å². The topological polar surface area (TPSA) is 84.5 Å². The third-order valence-corrected chi connectivity index (χ3v) is 5.89. The maximum absolute atomic E-state index is 12.2.